The van der Waals surface area contributed by atoms with Crippen LogP contribution in [0.2, 0.25) is 0 Å². The Bertz CT molecular complexity index is 851. The van der Waals surface area contributed by atoms with Gasteiger partial charge in [0.2, 0.25) is 0 Å². The molecule has 4 aliphatic heterocycles. The Morgan fingerprint density at radius 2 is 0.945 bits per heavy atom. The van der Waals surface area contributed by atoms with Gasteiger partial charge >= 0.3 is 0 Å². The molecule has 4 rings (SSSR count). The highest BCUT2D eigenvalue weighted by molar-refractivity contribution is 4.85. The van der Waals surface area contributed by atoms with Crippen LogP contribution in [0.1, 0.15) is 154 Å². The molecule has 9 nitrogen and oxygen atoms in total. The number of piperidine rings is 3. The molecule has 0 amide bonds. The molecule has 0 aliphatic carbocycles. The highest BCUT2D eigenvalue weighted by Crippen LogP contribution is 2.27. The van der Waals surface area contributed by atoms with Crippen LogP contribution in [-0.2, 0) is 23.7 Å². The van der Waals surface area contributed by atoms with Crippen LogP contribution < -0.4 is 0 Å². The predicted molar refractivity (Wildman–Crippen MR) is 235 cm³/mol. The quantitative estimate of drug-likeness (QED) is 0.127. The summed E-state index contributed by atoms with van der Waals surface area (Å²) in [4.78, 5) is 10.1. The first kappa shape index (κ1) is 52.7. The summed E-state index contributed by atoms with van der Waals surface area (Å²) in [5.41, 5.74) is 0.413. The van der Waals surface area contributed by atoms with E-state index >= 15 is 0 Å². The summed E-state index contributed by atoms with van der Waals surface area (Å²) < 4.78 is 27.8. The maximum absolute atomic E-state index is 5.66. The Morgan fingerprint density at radius 3 is 1.44 bits per heavy atom. The van der Waals surface area contributed by atoms with Crippen molar-refractivity contribution in [3.8, 4) is 0 Å². The minimum Gasteiger partial charge on any atom is -0.379 e. The number of ether oxygens (including phenoxy) is 5. The van der Waals surface area contributed by atoms with Gasteiger partial charge in [0.05, 0.1) is 49.8 Å². The molecule has 0 radical (unpaired) electrons. The van der Waals surface area contributed by atoms with Gasteiger partial charge in [-0.1, -0.05) is 19.8 Å². The minimum absolute atomic E-state index is 0.339. The fourth-order valence-corrected chi connectivity index (χ4v) is 7.69. The Morgan fingerprint density at radius 1 is 0.509 bits per heavy atom. The summed E-state index contributed by atoms with van der Waals surface area (Å²) in [5.74, 6) is 0.943. The molecule has 55 heavy (non-hydrogen) atoms. The van der Waals surface area contributed by atoms with Crippen molar-refractivity contribution in [3.05, 3.63) is 0 Å². The Kier molecular flexibility index (Phi) is 30.2. The van der Waals surface area contributed by atoms with E-state index in [1.165, 1.54) is 110 Å². The second kappa shape index (κ2) is 31.5. The smallest absolute Gasteiger partial charge is 0.0678 e. The zero-order valence-corrected chi connectivity index (χ0v) is 39.0. The molecule has 0 N–H and O–H groups in total. The fourth-order valence-electron chi connectivity index (χ4n) is 7.69. The maximum atomic E-state index is 5.66. The van der Waals surface area contributed by atoms with Gasteiger partial charge in [-0.05, 0) is 173 Å². The molecule has 330 valence electrons. The molecule has 0 aromatic rings. The minimum atomic E-state index is 0.339. The molecule has 0 aromatic heterocycles. The van der Waals surface area contributed by atoms with Crippen LogP contribution in [0.15, 0.2) is 0 Å². The molecule has 0 spiro atoms. The summed E-state index contributed by atoms with van der Waals surface area (Å²) in [6.45, 7) is 44.7. The van der Waals surface area contributed by atoms with Crippen molar-refractivity contribution in [2.75, 3.05) is 98.4 Å². The lowest BCUT2D eigenvalue weighted by atomic mass is 9.90. The molecule has 4 heterocycles. The van der Waals surface area contributed by atoms with E-state index in [-0.39, 0.29) is 0 Å². The van der Waals surface area contributed by atoms with Crippen molar-refractivity contribution < 1.29 is 23.7 Å². The first-order valence-electron chi connectivity index (χ1n) is 23.1. The van der Waals surface area contributed by atoms with Gasteiger partial charge < -0.3 is 33.5 Å². The summed E-state index contributed by atoms with van der Waals surface area (Å²) in [6, 6.07) is 0. The molecular formula is C46H96N4O5. The number of hydrogen-bond acceptors (Lipinski definition) is 9. The molecule has 4 saturated heterocycles. The summed E-state index contributed by atoms with van der Waals surface area (Å²) in [7, 11) is 0. The van der Waals surface area contributed by atoms with Gasteiger partial charge in [-0.3, -0.25) is 9.80 Å². The van der Waals surface area contributed by atoms with Crippen molar-refractivity contribution in [1.29, 1.82) is 0 Å². The largest absolute Gasteiger partial charge is 0.379 e. The van der Waals surface area contributed by atoms with E-state index in [4.69, 9.17) is 23.7 Å². The number of rotatable bonds is 18. The van der Waals surface area contributed by atoms with Gasteiger partial charge in [-0.15, -0.1) is 0 Å². The second-order valence-corrected chi connectivity index (χ2v) is 18.6. The normalized spacial score (nSPS) is 23.3. The van der Waals surface area contributed by atoms with E-state index in [1.54, 1.807) is 0 Å². The monoisotopic (exact) mass is 785 g/mol. The lowest BCUT2D eigenvalue weighted by molar-refractivity contribution is -0.0748. The lowest BCUT2D eigenvalue weighted by Gasteiger charge is -2.42. The molecule has 4 aliphatic rings. The molecule has 9 heteroatoms. The number of hydrogen-bond donors (Lipinski definition) is 0. The second-order valence-electron chi connectivity index (χ2n) is 18.6. The van der Waals surface area contributed by atoms with E-state index in [0.717, 1.165) is 58.5 Å². The molecule has 4 fully saturated rings. The number of likely N-dealkylation sites (tertiary alicyclic amines) is 3. The average Bonchev–Trinajstić information content (AvgIpc) is 3.10. The molecule has 0 bridgehead atoms. The summed E-state index contributed by atoms with van der Waals surface area (Å²) in [5, 5.41) is 0. The summed E-state index contributed by atoms with van der Waals surface area (Å²) in [6.07, 6.45) is 15.6. The number of nitrogens with zero attached hydrogens (tertiary/aromatic N) is 4. The number of morpholine rings is 1. The van der Waals surface area contributed by atoms with Gasteiger partial charge in [-0.25, -0.2) is 0 Å². The molecule has 0 unspecified atom stereocenters. The van der Waals surface area contributed by atoms with E-state index < -0.39 is 0 Å². The first-order valence-corrected chi connectivity index (χ1v) is 23.1. The standard InChI is InChI=1S/C13H27NO.C12H25NO.C11H23NO2.C10H21NO/c1-12(2)15-11-7-10-14-9-6-5-8-13(14,3)4;1-11(2)14-10-4-7-13-8-5-12(3)6-9-13;1-9(2)13-6-5-12-7-10(3)14-11(4)8-12;1-10(2)12-9-8-11-6-4-3-5-7-11/h12H,5-11H2,1-4H3;11-12H,4-10H2,1-3H3;9-11H,5-8H2,1-4H3;10H,3-9H2,1-2H3/t;;10-,11+;. The lowest BCUT2D eigenvalue weighted by Crippen LogP contribution is -2.47. The van der Waals surface area contributed by atoms with Crippen LogP contribution in [-0.4, -0.2) is 160 Å². The van der Waals surface area contributed by atoms with Crippen LogP contribution in [0, 0.1) is 5.92 Å². The van der Waals surface area contributed by atoms with Gasteiger partial charge in [0.15, 0.2) is 0 Å². The van der Waals surface area contributed by atoms with Gasteiger partial charge in [0, 0.05) is 58.0 Å². The Balaban J connectivity index is 0.000000368. The Hall–Kier alpha value is -0.360. The van der Waals surface area contributed by atoms with Gasteiger partial charge in [-0.2, -0.15) is 0 Å². The summed E-state index contributed by atoms with van der Waals surface area (Å²) >= 11 is 0. The van der Waals surface area contributed by atoms with E-state index in [1.807, 2.05) is 0 Å². The van der Waals surface area contributed by atoms with Crippen LogP contribution >= 0.6 is 0 Å². The fraction of sp³-hybridized carbons (Fsp3) is 1.00. The maximum Gasteiger partial charge on any atom is 0.0678 e. The van der Waals surface area contributed by atoms with Gasteiger partial charge in [0.1, 0.15) is 0 Å². The first-order chi connectivity index (χ1) is 26.1. The third kappa shape index (κ3) is 29.5. The van der Waals surface area contributed by atoms with Crippen molar-refractivity contribution in [2.45, 2.75) is 196 Å². The van der Waals surface area contributed by atoms with Crippen LogP contribution in [0.3, 0.4) is 0 Å². The SMILES string of the molecule is CC(C)OCCCN1CCCCC1(C)C.CC(C)OCCN1CCCCC1.CC(C)OCCN1C[C@@H](C)O[C@@H](C)C1.CC1CCN(CCCOC(C)C)CC1. The van der Waals surface area contributed by atoms with Crippen molar-refractivity contribution in [1.82, 2.24) is 19.6 Å². The van der Waals surface area contributed by atoms with E-state index in [0.29, 0.717) is 42.2 Å². The predicted octanol–water partition coefficient (Wildman–Crippen LogP) is 9.02. The highest BCUT2D eigenvalue weighted by Gasteiger charge is 2.28. The average molecular weight is 785 g/mol. The van der Waals surface area contributed by atoms with E-state index in [9.17, 15) is 0 Å². The van der Waals surface area contributed by atoms with E-state index in [2.05, 4.69) is 110 Å². The van der Waals surface area contributed by atoms with Crippen LogP contribution in [0.25, 0.3) is 0 Å². The topological polar surface area (TPSA) is 59.1 Å². The Labute approximate surface area is 343 Å². The van der Waals surface area contributed by atoms with Gasteiger partial charge in [0.25, 0.3) is 0 Å². The van der Waals surface area contributed by atoms with Crippen molar-refractivity contribution >= 4 is 0 Å². The zero-order chi connectivity index (χ0) is 41.1. The molecular weight excluding hydrogens is 689 g/mol. The highest BCUT2D eigenvalue weighted by atomic mass is 16.5. The third-order valence-electron chi connectivity index (χ3n) is 11.0. The molecule has 0 saturated carbocycles. The molecule has 2 atom stereocenters. The van der Waals surface area contributed by atoms with Crippen LogP contribution in [0.4, 0.5) is 0 Å². The van der Waals surface area contributed by atoms with Crippen LogP contribution in [0.5, 0.6) is 0 Å². The van der Waals surface area contributed by atoms with Crippen molar-refractivity contribution in [2.24, 2.45) is 5.92 Å². The zero-order valence-electron chi connectivity index (χ0n) is 39.0. The third-order valence-corrected chi connectivity index (χ3v) is 11.0. The van der Waals surface area contributed by atoms with Crippen molar-refractivity contribution in [3.63, 3.8) is 0 Å². The molecule has 0 aromatic carbocycles.